The number of rotatable bonds is 5. The van der Waals surface area contributed by atoms with Gasteiger partial charge in [-0.3, -0.25) is 9.36 Å². The second kappa shape index (κ2) is 7.05. The van der Waals surface area contributed by atoms with Gasteiger partial charge in [-0.2, -0.15) is 0 Å². The zero-order valence-electron chi connectivity index (χ0n) is 7.78. The third-order valence-corrected chi connectivity index (χ3v) is 1.66. The molecule has 0 aromatic heterocycles. The van der Waals surface area contributed by atoms with Crippen molar-refractivity contribution >= 4 is 13.6 Å². The topological polar surface area (TPSA) is 127 Å². The van der Waals surface area contributed by atoms with Crippen molar-refractivity contribution in [1.29, 1.82) is 0 Å². The Labute approximate surface area is 103 Å². The second-order valence-electron chi connectivity index (χ2n) is 2.39. The maximum atomic E-state index is 10.4. The predicted octanol–water partition coefficient (Wildman–Crippen LogP) is -5.22. The molecule has 0 saturated carbocycles. The smallest absolute Gasteiger partial charge is 0.756 e. The molecule has 14 heavy (non-hydrogen) atoms. The number of carbonyl (C=O) groups excluding carboxylic acids is 1. The number of aliphatic hydroxyl groups is 2. The summed E-state index contributed by atoms with van der Waals surface area (Å²) in [6, 6.07) is 0. The van der Waals surface area contributed by atoms with Crippen molar-refractivity contribution in [2.45, 2.75) is 19.1 Å². The van der Waals surface area contributed by atoms with Crippen LogP contribution in [0.3, 0.4) is 0 Å². The molecule has 78 valence electrons. The summed E-state index contributed by atoms with van der Waals surface area (Å²) in [6.45, 7) is 0.154. The molecule has 9 heteroatoms. The molecule has 0 aliphatic carbocycles. The Morgan fingerprint density at radius 2 is 2.00 bits per heavy atom. The van der Waals surface area contributed by atoms with Crippen molar-refractivity contribution in [3.05, 3.63) is 0 Å². The molecule has 0 aromatic rings. The van der Waals surface area contributed by atoms with Crippen molar-refractivity contribution in [3.63, 3.8) is 0 Å². The van der Waals surface area contributed by atoms with E-state index in [1.54, 1.807) is 0 Å². The molecule has 7 nitrogen and oxygen atoms in total. The number of hydrogen-bond acceptors (Lipinski definition) is 6. The first kappa shape index (κ1) is 17.1. The van der Waals surface area contributed by atoms with Crippen molar-refractivity contribution in [2.24, 2.45) is 0 Å². The fourth-order valence-corrected chi connectivity index (χ4v) is 0.874. The molecule has 0 spiro atoms. The normalized spacial score (nSPS) is 18.9. The Bertz CT molecular complexity index is 226. The molecule has 0 radical (unpaired) electrons. The van der Waals surface area contributed by atoms with Gasteiger partial charge in [-0.15, -0.1) is 0 Å². The van der Waals surface area contributed by atoms with Crippen LogP contribution in [-0.2, 0) is 13.9 Å². The van der Waals surface area contributed by atoms with E-state index in [0.717, 1.165) is 6.92 Å². The van der Waals surface area contributed by atoms with E-state index in [1.807, 2.05) is 0 Å². The Morgan fingerprint density at radius 1 is 1.57 bits per heavy atom. The fraction of sp³-hybridized carbons (Fsp3) is 0.800. The Hall–Kier alpha value is 0.700. The zero-order chi connectivity index (χ0) is 10.6. The van der Waals surface area contributed by atoms with Crippen LogP contribution in [0.5, 0.6) is 0 Å². The maximum absolute atomic E-state index is 10.4. The summed E-state index contributed by atoms with van der Waals surface area (Å²) in [5.74, 6) is -0.727. The molecular weight excluding hydrogens is 226 g/mol. The summed E-state index contributed by atoms with van der Waals surface area (Å²) >= 11 is 0. The Morgan fingerprint density at radius 3 is 2.29 bits per heavy atom. The minimum atomic E-state index is -4.92. The van der Waals surface area contributed by atoms with Gasteiger partial charge in [-0.05, 0) is 6.92 Å². The summed E-state index contributed by atoms with van der Waals surface area (Å²) in [6.07, 6.45) is -3.39. The number of aliphatic hydroxyl groups excluding tert-OH is 2. The van der Waals surface area contributed by atoms with Gasteiger partial charge in [0.25, 0.3) is 7.82 Å². The molecule has 0 aliphatic heterocycles. The number of ketones is 1. The largest absolute Gasteiger partial charge is 1.00 e. The molecule has 1 unspecified atom stereocenters. The number of Topliss-reactive ketones (excluding diaryl/α,β-unsaturated/α-hetero) is 1. The van der Waals surface area contributed by atoms with Crippen LogP contribution in [0.4, 0.5) is 0 Å². The Kier molecular flexibility index (Phi) is 8.62. The van der Waals surface area contributed by atoms with Gasteiger partial charge >= 0.3 is 29.6 Å². The number of phosphoric acid groups is 1. The zero-order valence-corrected chi connectivity index (χ0v) is 10.7. The van der Waals surface area contributed by atoms with Gasteiger partial charge in [0.15, 0.2) is 5.78 Å². The van der Waals surface area contributed by atoms with E-state index in [-0.39, 0.29) is 29.6 Å². The number of hydrogen-bond donors (Lipinski definition) is 3. The monoisotopic (exact) mass is 236 g/mol. The third kappa shape index (κ3) is 8.05. The molecule has 0 aliphatic rings. The average molecular weight is 236 g/mol. The van der Waals surface area contributed by atoms with E-state index < -0.39 is 32.4 Å². The summed E-state index contributed by atoms with van der Waals surface area (Å²) in [5, 5.41) is 17.7. The maximum Gasteiger partial charge on any atom is 1.00 e. The SMILES string of the molecule is CC(=O)[C@@H](O)[C@H](O)COP(=O)([O-])O.[Na+]. The van der Waals surface area contributed by atoms with Crippen molar-refractivity contribution in [1.82, 2.24) is 0 Å². The van der Waals surface area contributed by atoms with Crippen LogP contribution in [-0.4, -0.2) is 39.7 Å². The summed E-state index contributed by atoms with van der Waals surface area (Å²) in [7, 11) is -4.92. The molecule has 0 amide bonds. The molecule has 0 heterocycles. The fourth-order valence-electron chi connectivity index (χ4n) is 0.533. The quantitative estimate of drug-likeness (QED) is 0.321. The van der Waals surface area contributed by atoms with Crippen LogP contribution in [0.25, 0.3) is 0 Å². The molecule has 3 N–H and O–H groups in total. The molecule has 0 fully saturated rings. The summed E-state index contributed by atoms with van der Waals surface area (Å²) in [4.78, 5) is 28.5. The first-order valence-corrected chi connectivity index (χ1v) is 4.78. The van der Waals surface area contributed by atoms with Crippen LogP contribution in [0, 0.1) is 0 Å². The second-order valence-corrected chi connectivity index (χ2v) is 3.58. The molecule has 0 aromatic carbocycles. The third-order valence-electron chi connectivity index (χ3n) is 1.19. The van der Waals surface area contributed by atoms with Gasteiger partial charge < -0.3 is 24.5 Å². The van der Waals surface area contributed by atoms with Crippen molar-refractivity contribution in [3.8, 4) is 0 Å². The van der Waals surface area contributed by atoms with Crippen LogP contribution >= 0.6 is 7.82 Å². The number of phosphoric ester groups is 1. The molecule has 0 bridgehead atoms. The molecule has 0 saturated heterocycles. The first-order valence-electron chi connectivity index (χ1n) is 3.29. The van der Waals surface area contributed by atoms with Crippen LogP contribution < -0.4 is 34.5 Å². The van der Waals surface area contributed by atoms with Crippen molar-refractivity contribution < 1.29 is 63.4 Å². The van der Waals surface area contributed by atoms with E-state index in [0.29, 0.717) is 0 Å². The minimum absolute atomic E-state index is 0. The van der Waals surface area contributed by atoms with Gasteiger partial charge in [0.05, 0.1) is 6.61 Å². The van der Waals surface area contributed by atoms with Gasteiger partial charge in [0.2, 0.25) is 0 Å². The van der Waals surface area contributed by atoms with E-state index in [4.69, 9.17) is 15.1 Å². The summed E-state index contributed by atoms with van der Waals surface area (Å²) < 4.78 is 13.8. The predicted molar refractivity (Wildman–Crippen MR) is 38.5 cm³/mol. The van der Waals surface area contributed by atoms with Crippen molar-refractivity contribution in [2.75, 3.05) is 6.61 Å². The van der Waals surface area contributed by atoms with Crippen LogP contribution in [0.2, 0.25) is 0 Å². The minimum Gasteiger partial charge on any atom is -0.756 e. The van der Waals surface area contributed by atoms with Gasteiger partial charge in [0.1, 0.15) is 12.2 Å². The van der Waals surface area contributed by atoms with E-state index in [2.05, 4.69) is 4.52 Å². The van der Waals surface area contributed by atoms with E-state index in [9.17, 15) is 14.3 Å². The summed E-state index contributed by atoms with van der Waals surface area (Å²) in [5.41, 5.74) is 0. The number of carbonyl (C=O) groups is 1. The van der Waals surface area contributed by atoms with Gasteiger partial charge in [-0.1, -0.05) is 0 Å². The first-order chi connectivity index (χ1) is 5.74. The van der Waals surface area contributed by atoms with E-state index in [1.165, 1.54) is 0 Å². The molecular formula is C5H10NaO7P. The van der Waals surface area contributed by atoms with Gasteiger partial charge in [-0.25, -0.2) is 0 Å². The molecule has 0 rings (SSSR count). The standard InChI is InChI=1S/C5H11O7P.Na/c1-3(6)5(8)4(7)2-12-13(9,10)11;/h4-5,7-8H,2H2,1H3,(H2,9,10,11);/q;+1/p-1/t4-,5-;/m1./s1. The van der Waals surface area contributed by atoms with Crippen LogP contribution in [0.15, 0.2) is 0 Å². The van der Waals surface area contributed by atoms with Gasteiger partial charge in [0, 0.05) is 0 Å². The molecule has 3 atom stereocenters. The Balaban J connectivity index is 0. The van der Waals surface area contributed by atoms with Crippen LogP contribution in [0.1, 0.15) is 6.92 Å². The van der Waals surface area contributed by atoms with E-state index >= 15 is 0 Å². The average Bonchev–Trinajstić information content (AvgIpc) is 1.97.